The molecule has 11 heteroatoms. The summed E-state index contributed by atoms with van der Waals surface area (Å²) in [6.45, 7) is 0.250. The zero-order valence-corrected chi connectivity index (χ0v) is 17.1. The van der Waals surface area contributed by atoms with E-state index in [0.717, 1.165) is 17.4 Å². The number of amides is 1. The molecular weight excluding hydrogens is 434 g/mol. The van der Waals surface area contributed by atoms with Gasteiger partial charge in [0.2, 0.25) is 15.0 Å². The average molecular weight is 450 g/mol. The Bertz CT molecular complexity index is 1200. The molecule has 1 aliphatic heterocycles. The highest BCUT2D eigenvalue weighted by atomic mass is 32.2. The minimum atomic E-state index is -3.94. The van der Waals surface area contributed by atoms with Crippen molar-refractivity contribution in [2.45, 2.75) is 23.8 Å². The third-order valence-corrected chi connectivity index (χ3v) is 7.58. The Morgan fingerprint density at radius 1 is 1.13 bits per heavy atom. The standard InChI is InChI=1S/C19H16F2N4O3S2/c20-12-5-3-6-13(11-12)30(27,28)25-10-4-9-16(25)18-23-24-19(29-18)17(26)22-15-8-2-1-7-14(15)21/h1-3,5-8,11,16H,4,9-10H2,(H,22,26). The molecule has 1 unspecified atom stereocenters. The summed E-state index contributed by atoms with van der Waals surface area (Å²) in [6.07, 6.45) is 1.09. The molecule has 3 aromatic rings. The molecule has 0 aliphatic carbocycles. The van der Waals surface area contributed by atoms with Crippen molar-refractivity contribution in [1.82, 2.24) is 14.5 Å². The van der Waals surface area contributed by atoms with Crippen molar-refractivity contribution in [2.75, 3.05) is 11.9 Å². The maximum atomic E-state index is 13.7. The summed E-state index contributed by atoms with van der Waals surface area (Å²) >= 11 is 0.945. The van der Waals surface area contributed by atoms with Crippen molar-refractivity contribution in [3.05, 3.63) is 70.2 Å². The molecule has 1 aromatic heterocycles. The van der Waals surface area contributed by atoms with Crippen LogP contribution >= 0.6 is 11.3 Å². The Kier molecular flexibility index (Phi) is 5.58. The number of hydrogen-bond donors (Lipinski definition) is 1. The summed E-state index contributed by atoms with van der Waals surface area (Å²) < 4.78 is 54.5. The minimum absolute atomic E-state index is 0.00965. The van der Waals surface area contributed by atoms with Gasteiger partial charge in [-0.3, -0.25) is 4.79 Å². The van der Waals surface area contributed by atoms with Crippen LogP contribution in [0.15, 0.2) is 53.4 Å². The van der Waals surface area contributed by atoms with E-state index in [4.69, 9.17) is 0 Å². The highest BCUT2D eigenvalue weighted by molar-refractivity contribution is 7.89. The van der Waals surface area contributed by atoms with Crippen LogP contribution in [0.25, 0.3) is 0 Å². The average Bonchev–Trinajstić information content (AvgIpc) is 3.39. The molecule has 1 atom stereocenters. The van der Waals surface area contributed by atoms with Gasteiger partial charge in [-0.1, -0.05) is 29.5 Å². The van der Waals surface area contributed by atoms with Crippen LogP contribution in [0.5, 0.6) is 0 Å². The van der Waals surface area contributed by atoms with Crippen LogP contribution in [0.2, 0.25) is 0 Å². The van der Waals surface area contributed by atoms with E-state index >= 15 is 0 Å². The Labute approximate surface area is 175 Å². The van der Waals surface area contributed by atoms with E-state index in [1.807, 2.05) is 0 Å². The van der Waals surface area contributed by atoms with Gasteiger partial charge in [-0.15, -0.1) is 10.2 Å². The van der Waals surface area contributed by atoms with Crippen molar-refractivity contribution in [2.24, 2.45) is 0 Å². The molecule has 1 aliphatic rings. The molecule has 1 fully saturated rings. The molecule has 1 saturated heterocycles. The monoisotopic (exact) mass is 450 g/mol. The molecule has 1 amide bonds. The number of aromatic nitrogens is 2. The molecule has 1 N–H and O–H groups in total. The van der Waals surface area contributed by atoms with Gasteiger partial charge in [0.05, 0.1) is 16.6 Å². The van der Waals surface area contributed by atoms with E-state index in [9.17, 15) is 22.0 Å². The van der Waals surface area contributed by atoms with Gasteiger partial charge in [-0.2, -0.15) is 4.31 Å². The van der Waals surface area contributed by atoms with Gasteiger partial charge >= 0.3 is 0 Å². The van der Waals surface area contributed by atoms with Crippen LogP contribution in [0.4, 0.5) is 14.5 Å². The Morgan fingerprint density at radius 2 is 1.93 bits per heavy atom. The van der Waals surface area contributed by atoms with Crippen LogP contribution in [0.3, 0.4) is 0 Å². The summed E-state index contributed by atoms with van der Waals surface area (Å²) in [7, 11) is -3.94. The summed E-state index contributed by atoms with van der Waals surface area (Å²) in [5.74, 6) is -1.87. The molecule has 2 heterocycles. The number of carbonyl (C=O) groups excluding carboxylic acids is 1. The first kappa shape index (κ1) is 20.5. The van der Waals surface area contributed by atoms with Gasteiger partial charge < -0.3 is 5.32 Å². The highest BCUT2D eigenvalue weighted by Gasteiger charge is 2.38. The third kappa shape index (κ3) is 3.95. The quantitative estimate of drug-likeness (QED) is 0.641. The first-order valence-corrected chi connectivity index (χ1v) is 11.3. The lowest BCUT2D eigenvalue weighted by Crippen LogP contribution is -2.30. The fraction of sp³-hybridized carbons (Fsp3) is 0.211. The molecule has 0 spiro atoms. The number of nitrogens with one attached hydrogen (secondary N) is 1. The lowest BCUT2D eigenvalue weighted by molar-refractivity contribution is 0.102. The normalized spacial score (nSPS) is 17.2. The van der Waals surface area contributed by atoms with E-state index in [-0.39, 0.29) is 22.1 Å². The smallest absolute Gasteiger partial charge is 0.286 e. The number of benzene rings is 2. The van der Waals surface area contributed by atoms with Crippen LogP contribution in [-0.4, -0.2) is 35.4 Å². The number of anilines is 1. The fourth-order valence-corrected chi connectivity index (χ4v) is 5.88. The largest absolute Gasteiger partial charge is 0.317 e. The van der Waals surface area contributed by atoms with Gasteiger partial charge in [-0.05, 0) is 43.2 Å². The van der Waals surface area contributed by atoms with Crippen LogP contribution in [-0.2, 0) is 10.0 Å². The second-order valence-corrected chi connectivity index (χ2v) is 9.51. The molecule has 4 rings (SSSR count). The number of hydrogen-bond acceptors (Lipinski definition) is 6. The van der Waals surface area contributed by atoms with Crippen molar-refractivity contribution in [1.29, 1.82) is 0 Å². The van der Waals surface area contributed by atoms with Crippen molar-refractivity contribution in [3.8, 4) is 0 Å². The molecule has 156 valence electrons. The van der Waals surface area contributed by atoms with Crippen LogP contribution < -0.4 is 5.32 Å². The lowest BCUT2D eigenvalue weighted by Gasteiger charge is -2.22. The summed E-state index contributed by atoms with van der Waals surface area (Å²) in [5.41, 5.74) is 0.00965. The summed E-state index contributed by atoms with van der Waals surface area (Å²) in [6, 6.07) is 9.92. The molecule has 0 radical (unpaired) electrons. The number of nitrogens with zero attached hydrogens (tertiary/aromatic N) is 3. The first-order valence-electron chi connectivity index (χ1n) is 9.03. The lowest BCUT2D eigenvalue weighted by atomic mass is 10.2. The maximum absolute atomic E-state index is 13.7. The van der Waals surface area contributed by atoms with Gasteiger partial charge in [0, 0.05) is 6.54 Å². The summed E-state index contributed by atoms with van der Waals surface area (Å²) in [5, 5.41) is 10.6. The van der Waals surface area contributed by atoms with Gasteiger partial charge in [0.25, 0.3) is 5.91 Å². The third-order valence-electron chi connectivity index (χ3n) is 4.65. The number of carbonyl (C=O) groups is 1. The summed E-state index contributed by atoms with van der Waals surface area (Å²) in [4.78, 5) is 12.2. The van der Waals surface area contributed by atoms with E-state index in [0.29, 0.717) is 17.8 Å². The second kappa shape index (κ2) is 8.17. The van der Waals surface area contributed by atoms with Gasteiger partial charge in [-0.25, -0.2) is 17.2 Å². The SMILES string of the molecule is O=C(Nc1ccccc1F)c1nnc(C2CCCN2S(=O)(=O)c2cccc(F)c2)s1. The number of rotatable bonds is 5. The Morgan fingerprint density at radius 3 is 2.70 bits per heavy atom. The molecule has 0 saturated carbocycles. The van der Waals surface area contributed by atoms with E-state index in [1.54, 1.807) is 6.07 Å². The zero-order valence-electron chi connectivity index (χ0n) is 15.5. The molecule has 7 nitrogen and oxygen atoms in total. The molecule has 0 bridgehead atoms. The predicted octanol–water partition coefficient (Wildman–Crippen LogP) is 3.59. The van der Waals surface area contributed by atoms with Crippen molar-refractivity contribution < 1.29 is 22.0 Å². The first-order chi connectivity index (χ1) is 14.4. The fourth-order valence-electron chi connectivity index (χ4n) is 3.24. The van der Waals surface area contributed by atoms with Crippen LogP contribution in [0.1, 0.15) is 33.7 Å². The van der Waals surface area contributed by atoms with E-state index in [2.05, 4.69) is 15.5 Å². The minimum Gasteiger partial charge on any atom is -0.317 e. The van der Waals surface area contributed by atoms with E-state index in [1.165, 1.54) is 40.7 Å². The topological polar surface area (TPSA) is 92.3 Å². The second-order valence-electron chi connectivity index (χ2n) is 6.61. The van der Waals surface area contributed by atoms with E-state index < -0.39 is 33.6 Å². The predicted molar refractivity (Wildman–Crippen MR) is 107 cm³/mol. The Balaban J connectivity index is 1.56. The van der Waals surface area contributed by atoms with Gasteiger partial charge in [0.15, 0.2) is 0 Å². The number of halogens is 2. The number of para-hydroxylation sites is 1. The van der Waals surface area contributed by atoms with Gasteiger partial charge in [0.1, 0.15) is 16.6 Å². The number of sulfonamides is 1. The zero-order chi connectivity index (χ0) is 21.3. The van der Waals surface area contributed by atoms with Crippen LogP contribution in [0, 0.1) is 11.6 Å². The molecule has 2 aromatic carbocycles. The highest BCUT2D eigenvalue weighted by Crippen LogP contribution is 2.37. The molecule has 30 heavy (non-hydrogen) atoms. The molecular formula is C19H16F2N4O3S2. The Hall–Kier alpha value is -2.76. The van der Waals surface area contributed by atoms with Crippen molar-refractivity contribution >= 4 is 33.0 Å². The van der Waals surface area contributed by atoms with Crippen molar-refractivity contribution in [3.63, 3.8) is 0 Å². The maximum Gasteiger partial charge on any atom is 0.286 e.